The Kier molecular flexibility index (Phi) is 3.78. The highest BCUT2D eigenvalue weighted by molar-refractivity contribution is 5.55. The van der Waals surface area contributed by atoms with Crippen molar-refractivity contribution < 1.29 is 0 Å². The Hall–Kier alpha value is -1.36. The molecule has 3 rings (SSSR count). The van der Waals surface area contributed by atoms with Gasteiger partial charge in [-0.05, 0) is 46.7 Å². The van der Waals surface area contributed by atoms with Crippen LogP contribution in [-0.2, 0) is 0 Å². The van der Waals surface area contributed by atoms with Crippen molar-refractivity contribution in [2.24, 2.45) is 0 Å². The van der Waals surface area contributed by atoms with Gasteiger partial charge in [0, 0.05) is 23.6 Å². The monoisotopic (exact) mass is 289 g/mol. The van der Waals surface area contributed by atoms with E-state index in [1.165, 1.54) is 38.5 Å². The van der Waals surface area contributed by atoms with Gasteiger partial charge in [-0.15, -0.1) is 0 Å². The minimum absolute atomic E-state index is 0.256. The van der Waals surface area contributed by atoms with E-state index in [-0.39, 0.29) is 5.54 Å². The molecule has 3 N–H and O–H groups in total. The molecule has 1 aromatic rings. The average molecular weight is 289 g/mol. The molecule has 2 aliphatic carbocycles. The van der Waals surface area contributed by atoms with Crippen molar-refractivity contribution in [3.05, 3.63) is 11.4 Å². The molecule has 21 heavy (non-hydrogen) atoms. The predicted molar refractivity (Wildman–Crippen MR) is 86.5 cm³/mol. The van der Waals surface area contributed by atoms with E-state index in [1.807, 2.05) is 6.92 Å². The van der Waals surface area contributed by atoms with E-state index in [2.05, 4.69) is 29.3 Å². The number of anilines is 2. The van der Waals surface area contributed by atoms with Crippen LogP contribution in [0, 0.1) is 6.92 Å². The first-order valence-electron chi connectivity index (χ1n) is 8.07. The second-order valence-corrected chi connectivity index (χ2v) is 6.89. The van der Waals surface area contributed by atoms with Crippen LogP contribution in [0.15, 0.2) is 0 Å². The molecule has 0 aromatic carbocycles. The van der Waals surface area contributed by atoms with Crippen molar-refractivity contribution in [1.82, 2.24) is 14.9 Å². The Morgan fingerprint density at radius 1 is 1.24 bits per heavy atom. The number of rotatable bonds is 5. The maximum Gasteiger partial charge on any atom is 0.136 e. The summed E-state index contributed by atoms with van der Waals surface area (Å²) in [6.07, 6.45) is 7.54. The van der Waals surface area contributed by atoms with Gasteiger partial charge in [-0.1, -0.05) is 12.8 Å². The Morgan fingerprint density at radius 3 is 2.48 bits per heavy atom. The first kappa shape index (κ1) is 14.6. The highest BCUT2D eigenvalue weighted by Crippen LogP contribution is 2.39. The Balaban J connectivity index is 1.78. The van der Waals surface area contributed by atoms with Gasteiger partial charge in [0.15, 0.2) is 0 Å². The zero-order valence-corrected chi connectivity index (χ0v) is 13.4. The molecule has 0 bridgehead atoms. The van der Waals surface area contributed by atoms with E-state index >= 15 is 0 Å². The fourth-order valence-corrected chi connectivity index (χ4v) is 3.31. The quantitative estimate of drug-likeness (QED) is 0.872. The van der Waals surface area contributed by atoms with E-state index in [4.69, 9.17) is 10.7 Å². The maximum absolute atomic E-state index is 6.06. The average Bonchev–Trinajstić information content (AvgIpc) is 3.18. The third-order valence-electron chi connectivity index (χ3n) is 5.21. The molecule has 0 spiro atoms. The normalized spacial score (nSPS) is 21.0. The topological polar surface area (TPSA) is 67.1 Å². The third-order valence-corrected chi connectivity index (χ3v) is 5.21. The minimum atomic E-state index is 0.256. The van der Waals surface area contributed by atoms with Crippen LogP contribution < -0.4 is 11.1 Å². The lowest BCUT2D eigenvalue weighted by molar-refractivity contribution is 0.172. The highest BCUT2D eigenvalue weighted by atomic mass is 15.2. The smallest absolute Gasteiger partial charge is 0.136 e. The molecule has 5 nitrogen and oxygen atoms in total. The summed E-state index contributed by atoms with van der Waals surface area (Å²) >= 11 is 0. The molecule has 0 saturated heterocycles. The second kappa shape index (κ2) is 5.44. The van der Waals surface area contributed by atoms with E-state index in [9.17, 15) is 0 Å². The summed E-state index contributed by atoms with van der Waals surface area (Å²) in [5.41, 5.74) is 7.30. The van der Waals surface area contributed by atoms with Crippen molar-refractivity contribution in [2.45, 2.75) is 56.9 Å². The second-order valence-electron chi connectivity index (χ2n) is 6.89. The molecule has 5 heteroatoms. The third kappa shape index (κ3) is 2.84. The van der Waals surface area contributed by atoms with Gasteiger partial charge in [-0.25, -0.2) is 9.97 Å². The van der Waals surface area contributed by atoms with E-state index in [0.29, 0.717) is 11.7 Å². The van der Waals surface area contributed by atoms with Crippen LogP contribution >= 0.6 is 0 Å². The van der Waals surface area contributed by atoms with Gasteiger partial charge in [0.05, 0.1) is 0 Å². The Morgan fingerprint density at radius 2 is 1.90 bits per heavy atom. The zero-order valence-electron chi connectivity index (χ0n) is 13.4. The number of nitrogen functional groups attached to an aromatic ring is 1. The zero-order chi connectivity index (χ0) is 15.0. The van der Waals surface area contributed by atoms with Crippen LogP contribution in [0.25, 0.3) is 0 Å². The molecule has 0 aliphatic heterocycles. The highest BCUT2D eigenvalue weighted by Gasteiger charge is 2.36. The van der Waals surface area contributed by atoms with Crippen LogP contribution in [0.1, 0.15) is 55.8 Å². The lowest BCUT2D eigenvalue weighted by Crippen LogP contribution is -2.47. The van der Waals surface area contributed by atoms with Crippen LogP contribution in [-0.4, -0.2) is 41.0 Å². The van der Waals surface area contributed by atoms with Crippen molar-refractivity contribution in [2.75, 3.05) is 31.7 Å². The SMILES string of the molecule is Cc1c(N)nc(C2CC2)nc1NCC1(N(C)C)CCCC1. The lowest BCUT2D eigenvalue weighted by atomic mass is 9.96. The van der Waals surface area contributed by atoms with E-state index in [0.717, 1.165) is 23.8 Å². The molecule has 2 aliphatic rings. The van der Waals surface area contributed by atoms with E-state index in [1.54, 1.807) is 0 Å². The number of aromatic nitrogens is 2. The molecule has 116 valence electrons. The van der Waals surface area contributed by atoms with Crippen molar-refractivity contribution in [1.29, 1.82) is 0 Å². The summed E-state index contributed by atoms with van der Waals surface area (Å²) in [5.74, 6) is 3.01. The molecule has 0 atom stereocenters. The predicted octanol–water partition coefficient (Wildman–Crippen LogP) is 2.53. The van der Waals surface area contributed by atoms with Crippen LogP contribution in [0.4, 0.5) is 11.6 Å². The number of hydrogen-bond donors (Lipinski definition) is 2. The molecule has 1 aromatic heterocycles. The van der Waals surface area contributed by atoms with Gasteiger partial charge >= 0.3 is 0 Å². The number of nitrogens with zero attached hydrogens (tertiary/aromatic N) is 3. The lowest BCUT2D eigenvalue weighted by Gasteiger charge is -2.36. The van der Waals surface area contributed by atoms with E-state index < -0.39 is 0 Å². The molecular formula is C16H27N5. The van der Waals surface area contributed by atoms with Crippen molar-refractivity contribution in [3.63, 3.8) is 0 Å². The molecule has 0 radical (unpaired) electrons. The first-order chi connectivity index (χ1) is 10.0. The first-order valence-corrected chi connectivity index (χ1v) is 8.07. The fourth-order valence-electron chi connectivity index (χ4n) is 3.31. The molecule has 0 amide bonds. The van der Waals surface area contributed by atoms with Gasteiger partial charge in [0.2, 0.25) is 0 Å². The van der Waals surface area contributed by atoms with Gasteiger partial charge < -0.3 is 16.0 Å². The number of nitrogens with two attached hydrogens (primary N) is 1. The summed E-state index contributed by atoms with van der Waals surface area (Å²) in [6, 6.07) is 0. The molecule has 1 heterocycles. The molecule has 2 saturated carbocycles. The summed E-state index contributed by atoms with van der Waals surface area (Å²) in [6.45, 7) is 2.94. The van der Waals surface area contributed by atoms with Gasteiger partial charge in [-0.3, -0.25) is 0 Å². The molecule has 2 fully saturated rings. The van der Waals surface area contributed by atoms with Gasteiger partial charge in [0.25, 0.3) is 0 Å². The van der Waals surface area contributed by atoms with Gasteiger partial charge in [0.1, 0.15) is 17.5 Å². The largest absolute Gasteiger partial charge is 0.383 e. The van der Waals surface area contributed by atoms with Gasteiger partial charge in [-0.2, -0.15) is 0 Å². The maximum atomic E-state index is 6.06. The standard InChI is InChI=1S/C16H27N5/c1-11-13(17)19-15(12-6-7-12)20-14(11)18-10-16(21(2)3)8-4-5-9-16/h12H,4-10H2,1-3H3,(H3,17,18,19,20). The molecule has 0 unspecified atom stereocenters. The number of nitrogens with one attached hydrogen (secondary N) is 1. The van der Waals surface area contributed by atoms with Crippen LogP contribution in [0.3, 0.4) is 0 Å². The fraction of sp³-hybridized carbons (Fsp3) is 0.750. The summed E-state index contributed by atoms with van der Waals surface area (Å²) in [4.78, 5) is 11.5. The summed E-state index contributed by atoms with van der Waals surface area (Å²) in [5, 5.41) is 3.57. The summed E-state index contributed by atoms with van der Waals surface area (Å²) in [7, 11) is 4.37. The Bertz CT molecular complexity index is 516. The minimum Gasteiger partial charge on any atom is -0.383 e. The Labute approximate surface area is 127 Å². The van der Waals surface area contributed by atoms with Crippen LogP contribution in [0.2, 0.25) is 0 Å². The van der Waals surface area contributed by atoms with Crippen molar-refractivity contribution >= 4 is 11.6 Å². The number of likely N-dealkylation sites (N-methyl/N-ethyl adjacent to an activating group) is 1. The van der Waals surface area contributed by atoms with Crippen molar-refractivity contribution in [3.8, 4) is 0 Å². The summed E-state index contributed by atoms with van der Waals surface area (Å²) < 4.78 is 0. The van der Waals surface area contributed by atoms with Crippen LogP contribution in [0.5, 0.6) is 0 Å². The molecular weight excluding hydrogens is 262 g/mol. The number of hydrogen-bond acceptors (Lipinski definition) is 5.